The van der Waals surface area contributed by atoms with Crippen LogP contribution < -0.4 is 4.74 Å². The smallest absolute Gasteiger partial charge is 0.308 e. The third kappa shape index (κ3) is 2.75. The second-order valence-electron chi connectivity index (χ2n) is 5.56. The lowest BCUT2D eigenvalue weighted by molar-refractivity contribution is -0.144. The molecular weight excluding hydrogens is 330 g/mol. The number of aryl methyl sites for hydroxylation is 1. The number of methoxy groups -OCH3 is 2. The van der Waals surface area contributed by atoms with Gasteiger partial charge >= 0.3 is 5.97 Å². The Balaban J connectivity index is 2.03. The fourth-order valence-electron chi connectivity index (χ4n) is 2.61. The zero-order valence-electron chi connectivity index (χ0n) is 13.8. The summed E-state index contributed by atoms with van der Waals surface area (Å²) in [5.41, 5.74) is 1.25. The van der Waals surface area contributed by atoms with Gasteiger partial charge in [0.25, 0.3) is 0 Å². The standard InChI is InChI=1S/C17H17NO5S/c1-8(17(20)22-4)5-11(19)14-6-10-13(24-14)7-12(21-3)16-15(10)18-9(2)23-16/h6-8H,5H2,1-4H3. The van der Waals surface area contributed by atoms with E-state index in [4.69, 9.17) is 9.15 Å². The molecule has 0 radical (unpaired) electrons. The molecule has 0 saturated carbocycles. The van der Waals surface area contributed by atoms with Gasteiger partial charge in [-0.15, -0.1) is 11.3 Å². The van der Waals surface area contributed by atoms with Crippen LogP contribution in [-0.4, -0.2) is 31.0 Å². The fourth-order valence-corrected chi connectivity index (χ4v) is 3.65. The van der Waals surface area contributed by atoms with Crippen LogP contribution in [-0.2, 0) is 9.53 Å². The van der Waals surface area contributed by atoms with Crippen LogP contribution >= 0.6 is 11.3 Å². The number of thiophene rings is 1. The second kappa shape index (κ2) is 6.24. The Morgan fingerprint density at radius 3 is 2.75 bits per heavy atom. The molecule has 24 heavy (non-hydrogen) atoms. The highest BCUT2D eigenvalue weighted by Crippen LogP contribution is 2.38. The van der Waals surface area contributed by atoms with Crippen molar-refractivity contribution in [3.63, 3.8) is 0 Å². The van der Waals surface area contributed by atoms with Crippen molar-refractivity contribution in [3.05, 3.63) is 22.9 Å². The summed E-state index contributed by atoms with van der Waals surface area (Å²) in [4.78, 5) is 28.9. The Labute approximate surface area is 142 Å². The summed E-state index contributed by atoms with van der Waals surface area (Å²) in [5, 5.41) is 0.849. The molecule has 2 aromatic heterocycles. The molecule has 126 valence electrons. The molecule has 0 aliphatic heterocycles. The summed E-state index contributed by atoms with van der Waals surface area (Å²) in [6.07, 6.45) is 0.109. The average Bonchev–Trinajstić information content (AvgIpc) is 3.15. The van der Waals surface area contributed by atoms with Crippen LogP contribution in [0.4, 0.5) is 0 Å². The minimum Gasteiger partial charge on any atom is -0.493 e. The Kier molecular flexibility index (Phi) is 4.28. The number of ketones is 1. The summed E-state index contributed by atoms with van der Waals surface area (Å²) < 4.78 is 16.5. The molecule has 0 spiro atoms. The highest BCUT2D eigenvalue weighted by Gasteiger charge is 2.22. The van der Waals surface area contributed by atoms with Crippen LogP contribution in [0.3, 0.4) is 0 Å². The van der Waals surface area contributed by atoms with Crippen molar-refractivity contribution in [1.82, 2.24) is 4.98 Å². The van der Waals surface area contributed by atoms with Gasteiger partial charge in [-0.3, -0.25) is 9.59 Å². The summed E-state index contributed by atoms with van der Waals surface area (Å²) in [5.74, 6) is 0.162. The van der Waals surface area contributed by atoms with E-state index in [1.807, 2.05) is 6.07 Å². The van der Waals surface area contributed by atoms with Gasteiger partial charge in [-0.25, -0.2) is 4.98 Å². The molecular formula is C17H17NO5S. The Morgan fingerprint density at radius 1 is 1.33 bits per heavy atom. The maximum atomic E-state index is 12.5. The number of carbonyl (C=O) groups excluding carboxylic acids is 2. The number of fused-ring (bicyclic) bond motifs is 3. The molecule has 6 nitrogen and oxygen atoms in total. The van der Waals surface area contributed by atoms with Crippen molar-refractivity contribution >= 4 is 44.3 Å². The number of rotatable bonds is 5. The van der Waals surface area contributed by atoms with Gasteiger partial charge < -0.3 is 13.9 Å². The van der Waals surface area contributed by atoms with Gasteiger partial charge in [0.15, 0.2) is 23.0 Å². The highest BCUT2D eigenvalue weighted by molar-refractivity contribution is 7.21. The molecule has 3 aromatic rings. The number of hydrogen-bond acceptors (Lipinski definition) is 7. The molecule has 3 rings (SSSR count). The molecule has 0 aliphatic rings. The third-order valence-corrected chi connectivity index (χ3v) is 4.95. The van der Waals surface area contributed by atoms with E-state index in [9.17, 15) is 9.59 Å². The van der Waals surface area contributed by atoms with Gasteiger partial charge in [-0.2, -0.15) is 0 Å². The lowest BCUT2D eigenvalue weighted by atomic mass is 10.0. The number of carbonyl (C=O) groups is 2. The van der Waals surface area contributed by atoms with Crippen LogP contribution in [0.5, 0.6) is 5.75 Å². The number of Topliss-reactive ketones (excluding diaryl/α,β-unsaturated/α-hetero) is 1. The SMILES string of the molecule is COC(=O)C(C)CC(=O)c1cc2c(cc(OC)c3oc(C)nc32)s1. The van der Waals surface area contributed by atoms with Crippen molar-refractivity contribution in [2.75, 3.05) is 14.2 Å². The number of benzene rings is 1. The van der Waals surface area contributed by atoms with Crippen LogP contribution in [0, 0.1) is 12.8 Å². The molecule has 1 unspecified atom stereocenters. The van der Waals surface area contributed by atoms with E-state index in [1.54, 1.807) is 27.0 Å². The maximum absolute atomic E-state index is 12.5. The van der Waals surface area contributed by atoms with E-state index in [1.165, 1.54) is 18.4 Å². The lowest BCUT2D eigenvalue weighted by Gasteiger charge is -2.06. The lowest BCUT2D eigenvalue weighted by Crippen LogP contribution is -2.16. The monoisotopic (exact) mass is 347 g/mol. The van der Waals surface area contributed by atoms with Crippen molar-refractivity contribution in [2.24, 2.45) is 5.92 Å². The van der Waals surface area contributed by atoms with Crippen molar-refractivity contribution in [2.45, 2.75) is 20.3 Å². The van der Waals surface area contributed by atoms with Crippen molar-refractivity contribution in [3.8, 4) is 5.75 Å². The molecule has 2 heterocycles. The maximum Gasteiger partial charge on any atom is 0.308 e. The van der Waals surface area contributed by atoms with E-state index >= 15 is 0 Å². The summed E-state index contributed by atoms with van der Waals surface area (Å²) in [6, 6.07) is 3.64. The molecule has 1 atom stereocenters. The zero-order chi connectivity index (χ0) is 17.4. The van der Waals surface area contributed by atoms with Gasteiger partial charge in [0.05, 0.1) is 25.0 Å². The number of hydrogen-bond donors (Lipinski definition) is 0. The molecule has 0 amide bonds. The van der Waals surface area contributed by atoms with Gasteiger partial charge in [-0.05, 0) is 6.07 Å². The quantitative estimate of drug-likeness (QED) is 0.517. The first-order valence-electron chi connectivity index (χ1n) is 7.43. The largest absolute Gasteiger partial charge is 0.493 e. The normalized spacial score (nSPS) is 12.5. The molecule has 0 saturated heterocycles. The number of nitrogens with zero attached hydrogens (tertiary/aromatic N) is 1. The van der Waals surface area contributed by atoms with Crippen LogP contribution in [0.1, 0.15) is 28.9 Å². The third-order valence-electron chi connectivity index (χ3n) is 3.83. The fraction of sp³-hybridized carbons (Fsp3) is 0.353. The minimum absolute atomic E-state index is 0.0959. The number of esters is 1. The van der Waals surface area contributed by atoms with E-state index < -0.39 is 5.92 Å². The highest BCUT2D eigenvalue weighted by atomic mass is 32.1. The van der Waals surface area contributed by atoms with Crippen molar-refractivity contribution in [1.29, 1.82) is 0 Å². The molecule has 7 heteroatoms. The predicted molar refractivity (Wildman–Crippen MR) is 90.8 cm³/mol. The van der Waals surface area contributed by atoms with E-state index in [0.29, 0.717) is 27.6 Å². The van der Waals surface area contributed by atoms with Crippen LogP contribution in [0.2, 0.25) is 0 Å². The first kappa shape index (κ1) is 16.4. The van der Waals surface area contributed by atoms with E-state index in [0.717, 1.165) is 10.1 Å². The van der Waals surface area contributed by atoms with Crippen molar-refractivity contribution < 1.29 is 23.5 Å². The van der Waals surface area contributed by atoms with Gasteiger partial charge in [0, 0.05) is 29.5 Å². The van der Waals surface area contributed by atoms with Gasteiger partial charge in [0.1, 0.15) is 5.52 Å². The average molecular weight is 347 g/mol. The molecule has 0 bridgehead atoms. The predicted octanol–water partition coefficient (Wildman–Crippen LogP) is 3.74. The Bertz CT molecular complexity index is 939. The van der Waals surface area contributed by atoms with Gasteiger partial charge in [-0.1, -0.05) is 6.92 Å². The summed E-state index contributed by atoms with van der Waals surface area (Å²) in [7, 11) is 2.88. The topological polar surface area (TPSA) is 78.6 Å². The Hall–Kier alpha value is -2.41. The minimum atomic E-state index is -0.475. The number of oxazole rings is 1. The molecule has 0 aliphatic carbocycles. The van der Waals surface area contributed by atoms with Gasteiger partial charge in [0.2, 0.25) is 0 Å². The molecule has 1 aromatic carbocycles. The van der Waals surface area contributed by atoms with E-state index in [-0.39, 0.29) is 18.2 Å². The zero-order valence-corrected chi connectivity index (χ0v) is 14.7. The van der Waals surface area contributed by atoms with Crippen LogP contribution in [0.15, 0.2) is 16.5 Å². The second-order valence-corrected chi connectivity index (χ2v) is 6.65. The number of aromatic nitrogens is 1. The number of ether oxygens (including phenoxy) is 2. The molecule has 0 N–H and O–H groups in total. The molecule has 0 fully saturated rings. The summed E-state index contributed by atoms with van der Waals surface area (Å²) in [6.45, 7) is 3.45. The van der Waals surface area contributed by atoms with E-state index in [2.05, 4.69) is 9.72 Å². The first-order valence-corrected chi connectivity index (χ1v) is 8.25. The van der Waals surface area contributed by atoms with Crippen LogP contribution in [0.25, 0.3) is 21.2 Å². The summed E-state index contributed by atoms with van der Waals surface area (Å²) >= 11 is 1.36. The first-order chi connectivity index (χ1) is 11.4. The Morgan fingerprint density at radius 2 is 2.08 bits per heavy atom.